The molecule has 1 aromatic carbocycles. The highest BCUT2D eigenvalue weighted by molar-refractivity contribution is 6.29. The zero-order valence-corrected chi connectivity index (χ0v) is 11.5. The maximum atomic E-state index is 14.1. The number of rotatable bonds is 1. The van der Waals surface area contributed by atoms with Crippen LogP contribution >= 0.6 is 11.6 Å². The Balaban J connectivity index is 2.17. The number of nitrogens with zero attached hydrogens (tertiary/aromatic N) is 3. The van der Waals surface area contributed by atoms with Gasteiger partial charge in [0.1, 0.15) is 16.5 Å². The molecule has 4 N–H and O–H groups in total. The molecule has 0 radical (unpaired) electrons. The molecule has 20 heavy (non-hydrogen) atoms. The lowest BCUT2D eigenvalue weighted by Gasteiger charge is -2.31. The van der Waals surface area contributed by atoms with Crippen LogP contribution in [0.2, 0.25) is 5.15 Å². The molecular weight excluding hydrogens is 281 g/mol. The van der Waals surface area contributed by atoms with Gasteiger partial charge >= 0.3 is 0 Å². The van der Waals surface area contributed by atoms with E-state index in [0.29, 0.717) is 28.8 Å². The van der Waals surface area contributed by atoms with E-state index in [9.17, 15) is 4.39 Å². The first-order valence-electron chi connectivity index (χ1n) is 6.03. The summed E-state index contributed by atoms with van der Waals surface area (Å²) >= 11 is 6.08. The van der Waals surface area contributed by atoms with Gasteiger partial charge in [-0.2, -0.15) is 0 Å². The van der Waals surface area contributed by atoms with Crippen molar-refractivity contribution in [2.24, 2.45) is 10.7 Å². The summed E-state index contributed by atoms with van der Waals surface area (Å²) in [6.45, 7) is 2.14. The molecule has 1 aliphatic rings. The van der Waals surface area contributed by atoms with Crippen molar-refractivity contribution in [2.75, 3.05) is 5.73 Å². The van der Waals surface area contributed by atoms with Crippen molar-refractivity contribution >= 4 is 23.1 Å². The minimum Gasteiger partial charge on any atom is -0.399 e. The van der Waals surface area contributed by atoms with Gasteiger partial charge in [0.2, 0.25) is 0 Å². The number of hydrogen-bond acceptors (Lipinski definition) is 4. The molecule has 0 spiro atoms. The highest BCUT2D eigenvalue weighted by Crippen LogP contribution is 2.35. The second kappa shape index (κ2) is 4.21. The van der Waals surface area contributed by atoms with Crippen LogP contribution in [-0.2, 0) is 12.1 Å². The van der Waals surface area contributed by atoms with Crippen LogP contribution < -0.4 is 11.5 Å². The Morgan fingerprint density at radius 1 is 1.40 bits per heavy atom. The number of benzene rings is 1. The number of amidine groups is 1. The van der Waals surface area contributed by atoms with Crippen molar-refractivity contribution in [2.45, 2.75) is 19.0 Å². The van der Waals surface area contributed by atoms with Crippen molar-refractivity contribution in [3.05, 3.63) is 46.8 Å². The molecule has 0 saturated heterocycles. The van der Waals surface area contributed by atoms with E-state index in [1.54, 1.807) is 17.6 Å². The van der Waals surface area contributed by atoms with E-state index in [-0.39, 0.29) is 11.7 Å². The van der Waals surface area contributed by atoms with Crippen molar-refractivity contribution in [1.82, 2.24) is 9.55 Å². The van der Waals surface area contributed by atoms with Gasteiger partial charge < -0.3 is 16.0 Å². The first-order chi connectivity index (χ1) is 9.40. The van der Waals surface area contributed by atoms with E-state index in [4.69, 9.17) is 23.1 Å². The molecule has 7 heteroatoms. The molecule has 104 valence electrons. The van der Waals surface area contributed by atoms with Gasteiger partial charge in [-0.3, -0.25) is 4.99 Å². The SMILES string of the molecule is C[C@@]1(c2cc(N)ccc2F)Cn2c(Cl)cnc2C(N)=N1. The standard InChI is InChI=1S/C13H13ClFN5/c1-13(8-4-7(16)2-3-9(8)15)6-20-10(14)5-18-12(20)11(17)19-13/h2-5H,6,16H2,1H3,(H2,17,19)/t13-/m0/s1. The second-order valence-corrected chi connectivity index (χ2v) is 5.39. The molecule has 1 aromatic heterocycles. The van der Waals surface area contributed by atoms with E-state index >= 15 is 0 Å². The predicted molar refractivity (Wildman–Crippen MR) is 76.1 cm³/mol. The van der Waals surface area contributed by atoms with E-state index < -0.39 is 5.54 Å². The van der Waals surface area contributed by atoms with Crippen molar-refractivity contribution in [3.63, 3.8) is 0 Å². The summed E-state index contributed by atoms with van der Waals surface area (Å²) in [4.78, 5) is 8.49. The molecule has 0 unspecified atom stereocenters. The molecule has 3 rings (SSSR count). The molecule has 0 aliphatic carbocycles. The number of hydrogen-bond donors (Lipinski definition) is 2. The van der Waals surface area contributed by atoms with E-state index in [0.717, 1.165) is 0 Å². The molecule has 2 heterocycles. The van der Waals surface area contributed by atoms with Crippen LogP contribution in [0.4, 0.5) is 10.1 Å². The highest BCUT2D eigenvalue weighted by atomic mass is 35.5. The average Bonchev–Trinajstić information content (AvgIpc) is 2.74. The van der Waals surface area contributed by atoms with E-state index in [1.807, 2.05) is 0 Å². The number of nitrogen functional groups attached to an aromatic ring is 1. The Bertz CT molecular complexity index is 724. The summed E-state index contributed by atoms with van der Waals surface area (Å²) in [6.07, 6.45) is 1.50. The highest BCUT2D eigenvalue weighted by Gasteiger charge is 2.35. The lowest BCUT2D eigenvalue weighted by atomic mass is 9.90. The minimum absolute atomic E-state index is 0.229. The molecule has 2 aromatic rings. The Labute approximate surface area is 120 Å². The lowest BCUT2D eigenvalue weighted by molar-refractivity contribution is 0.384. The third kappa shape index (κ3) is 1.84. The lowest BCUT2D eigenvalue weighted by Crippen LogP contribution is -2.37. The van der Waals surface area contributed by atoms with Gasteiger partial charge in [0.05, 0.1) is 12.7 Å². The number of aliphatic imine (C=N–C) groups is 1. The molecule has 0 fully saturated rings. The van der Waals surface area contributed by atoms with Crippen LogP contribution in [0.1, 0.15) is 18.3 Å². The summed E-state index contributed by atoms with van der Waals surface area (Å²) in [5.74, 6) is 0.349. The van der Waals surface area contributed by atoms with E-state index in [2.05, 4.69) is 9.98 Å². The largest absolute Gasteiger partial charge is 0.399 e. The zero-order chi connectivity index (χ0) is 14.5. The van der Waals surface area contributed by atoms with Crippen molar-refractivity contribution in [1.29, 1.82) is 0 Å². The fraction of sp³-hybridized carbons (Fsp3) is 0.231. The van der Waals surface area contributed by atoms with Crippen LogP contribution in [0, 0.1) is 5.82 Å². The summed E-state index contributed by atoms with van der Waals surface area (Å²) in [5.41, 5.74) is 11.6. The van der Waals surface area contributed by atoms with Gasteiger partial charge in [-0.1, -0.05) is 11.6 Å². The second-order valence-electron chi connectivity index (χ2n) is 5.00. The molecule has 5 nitrogen and oxygen atoms in total. The topological polar surface area (TPSA) is 82.2 Å². The van der Waals surface area contributed by atoms with Crippen LogP contribution in [0.3, 0.4) is 0 Å². The van der Waals surface area contributed by atoms with Crippen molar-refractivity contribution < 1.29 is 4.39 Å². The number of imidazole rings is 1. The monoisotopic (exact) mass is 293 g/mol. The molecule has 0 bridgehead atoms. The summed E-state index contributed by atoms with van der Waals surface area (Å²) in [7, 11) is 0. The molecule has 0 saturated carbocycles. The van der Waals surface area contributed by atoms with Crippen LogP contribution in [0.15, 0.2) is 29.4 Å². The van der Waals surface area contributed by atoms with Gasteiger partial charge in [-0.05, 0) is 25.1 Å². The third-order valence-electron chi connectivity index (χ3n) is 3.44. The van der Waals surface area contributed by atoms with Crippen LogP contribution in [-0.4, -0.2) is 15.4 Å². The Kier molecular flexibility index (Phi) is 2.72. The number of aromatic nitrogens is 2. The number of halogens is 2. The fourth-order valence-corrected chi connectivity index (χ4v) is 2.66. The predicted octanol–water partition coefficient (Wildman–Crippen LogP) is 1.89. The summed E-state index contributed by atoms with van der Waals surface area (Å²) in [6, 6.07) is 4.41. The van der Waals surface area contributed by atoms with Gasteiger partial charge in [0.25, 0.3) is 0 Å². The number of anilines is 1. The van der Waals surface area contributed by atoms with Crippen molar-refractivity contribution in [3.8, 4) is 0 Å². The first-order valence-corrected chi connectivity index (χ1v) is 6.41. The van der Waals surface area contributed by atoms with E-state index in [1.165, 1.54) is 18.3 Å². The maximum absolute atomic E-state index is 14.1. The molecule has 1 atom stereocenters. The smallest absolute Gasteiger partial charge is 0.176 e. The molecule has 0 amide bonds. The first kappa shape index (κ1) is 12.9. The Hall–Kier alpha value is -2.08. The van der Waals surface area contributed by atoms with Gasteiger partial charge in [0, 0.05) is 11.3 Å². The quantitative estimate of drug-likeness (QED) is 0.788. The van der Waals surface area contributed by atoms with Crippen LogP contribution in [0.25, 0.3) is 0 Å². The number of nitrogens with two attached hydrogens (primary N) is 2. The molecular formula is C13H13ClFN5. The summed E-state index contributed by atoms with van der Waals surface area (Å²) in [5, 5.41) is 0.438. The van der Waals surface area contributed by atoms with Gasteiger partial charge in [-0.15, -0.1) is 0 Å². The summed E-state index contributed by atoms with van der Waals surface area (Å²) < 4.78 is 15.8. The Morgan fingerprint density at radius 2 is 2.15 bits per heavy atom. The fourth-order valence-electron chi connectivity index (χ4n) is 2.47. The molecule has 1 aliphatic heterocycles. The van der Waals surface area contributed by atoms with Crippen LogP contribution in [0.5, 0.6) is 0 Å². The zero-order valence-electron chi connectivity index (χ0n) is 10.8. The average molecular weight is 294 g/mol. The minimum atomic E-state index is -0.874. The third-order valence-corrected chi connectivity index (χ3v) is 3.74. The Morgan fingerprint density at radius 3 is 2.90 bits per heavy atom. The normalized spacial score (nSPS) is 21.4. The number of fused-ring (bicyclic) bond motifs is 1. The maximum Gasteiger partial charge on any atom is 0.176 e. The van der Waals surface area contributed by atoms with Gasteiger partial charge in [0.15, 0.2) is 11.7 Å². The van der Waals surface area contributed by atoms with Gasteiger partial charge in [-0.25, -0.2) is 9.37 Å².